The molecule has 0 spiro atoms. The number of allylic oxidation sites excluding steroid dienone is 1. The van der Waals surface area contributed by atoms with Crippen molar-refractivity contribution in [3.8, 4) is 0 Å². The molecule has 0 unspecified atom stereocenters. The molecule has 2 aromatic rings. The number of ketones is 1. The molecule has 10 radical (unpaired) electrons. The van der Waals surface area contributed by atoms with E-state index in [1.54, 1.807) is 11.0 Å². The van der Waals surface area contributed by atoms with Crippen molar-refractivity contribution in [1.29, 1.82) is 0 Å². The summed E-state index contributed by atoms with van der Waals surface area (Å²) in [4.78, 5) is 16.7. The van der Waals surface area contributed by atoms with E-state index >= 15 is 0 Å². The van der Waals surface area contributed by atoms with E-state index in [0.29, 0.717) is 18.0 Å². The van der Waals surface area contributed by atoms with Gasteiger partial charge in [0.2, 0.25) is 0 Å². The maximum Gasteiger partial charge on any atom is 2.00 e. The molecule has 29 heavy (non-hydrogen) atoms. The number of carbonyl (C=O) groups is 1. The maximum absolute atomic E-state index is 12.8. The van der Waals surface area contributed by atoms with Gasteiger partial charge in [-0.2, -0.15) is 5.10 Å². The molecule has 4 nitrogen and oxygen atoms in total. The van der Waals surface area contributed by atoms with Gasteiger partial charge in [-0.05, 0) is 94.4 Å². The summed E-state index contributed by atoms with van der Waals surface area (Å²) in [6.07, 6.45) is 22.4. The van der Waals surface area contributed by atoms with Crippen molar-refractivity contribution in [2.45, 2.75) is 20.4 Å². The molecule has 0 bridgehead atoms. The summed E-state index contributed by atoms with van der Waals surface area (Å²) < 4.78 is 1.66. The molecule has 0 amide bonds. The number of rotatable bonds is 5. The topological polar surface area (TPSA) is 47.8 Å². The minimum Gasteiger partial charge on any atom is -0.294 e. The van der Waals surface area contributed by atoms with Gasteiger partial charge in [-0.3, -0.25) is 4.79 Å². The van der Waals surface area contributed by atoms with E-state index in [1.807, 2.05) is 69.9 Å². The summed E-state index contributed by atoms with van der Waals surface area (Å²) in [7, 11) is 0. The third-order valence-corrected chi connectivity index (χ3v) is 4.44. The minimum atomic E-state index is 0. The maximum atomic E-state index is 12.8. The smallest absolute Gasteiger partial charge is 0.294 e. The number of hydrogen-bond donors (Lipinski definition) is 0. The van der Waals surface area contributed by atoms with E-state index in [0.717, 1.165) is 5.56 Å². The molecule has 0 atom stereocenters. The Morgan fingerprint density at radius 3 is 2.17 bits per heavy atom. The molecule has 0 saturated heterocycles. The van der Waals surface area contributed by atoms with Crippen LogP contribution in [0.3, 0.4) is 0 Å². The molecule has 1 aromatic carbocycles. The Bertz CT molecular complexity index is 781. The third-order valence-electron chi connectivity index (χ3n) is 4.44. The zero-order valence-corrected chi connectivity index (χ0v) is 17.6. The average Bonchev–Trinajstić information content (AvgIpc) is 3.47. The predicted molar refractivity (Wildman–Crippen MR) is 111 cm³/mol. The van der Waals surface area contributed by atoms with Crippen molar-refractivity contribution in [2.24, 2.45) is 0 Å². The molecule has 146 valence electrons. The van der Waals surface area contributed by atoms with Gasteiger partial charge >= 0.3 is 17.1 Å². The van der Waals surface area contributed by atoms with Gasteiger partial charge < -0.3 is 0 Å². The fraction of sp³-hybridized carbons (Fsp3) is 0.125. The standard InChI is InChI=1S/C19H18N3O.C5H5.Fe/c1-14-7-8-16(9-15(14)2)10-18(11-22-13-20-12-21-22)19(23)17-5-3-4-6-17;1-2-4-5-3-1;/h3-10,12-13H,11H2,1-2H3;1-5H;/q;;+2/b18-10+;;. The molecule has 2 aliphatic carbocycles. The largest absolute Gasteiger partial charge is 2.00 e. The Kier molecular flexibility index (Phi) is 9.83. The monoisotopic (exact) mass is 425 g/mol. The quantitative estimate of drug-likeness (QED) is 0.538. The molecular formula is C24H23FeN3O+2. The Hall–Kier alpha value is -1.71. The summed E-state index contributed by atoms with van der Waals surface area (Å²) in [5, 5.41) is 4.11. The van der Waals surface area contributed by atoms with Crippen molar-refractivity contribution in [3.63, 3.8) is 0 Å². The van der Waals surface area contributed by atoms with Crippen LogP contribution in [0.2, 0.25) is 0 Å². The molecule has 0 N–H and O–H groups in total. The summed E-state index contributed by atoms with van der Waals surface area (Å²) in [6.45, 7) is 4.55. The van der Waals surface area contributed by atoms with E-state index in [2.05, 4.69) is 36.1 Å². The number of aromatic nitrogens is 3. The van der Waals surface area contributed by atoms with Crippen molar-refractivity contribution in [2.75, 3.05) is 0 Å². The van der Waals surface area contributed by atoms with Crippen molar-refractivity contribution < 1.29 is 21.9 Å². The van der Waals surface area contributed by atoms with Gasteiger partial charge in [-0.15, -0.1) is 0 Å². The molecular weight excluding hydrogens is 402 g/mol. The van der Waals surface area contributed by atoms with E-state index < -0.39 is 0 Å². The molecule has 2 saturated carbocycles. The molecule has 2 fully saturated rings. The number of Topliss-reactive ketones (excluding diaryl/α,β-unsaturated/α-hetero) is 1. The van der Waals surface area contributed by atoms with Crippen LogP contribution in [0, 0.1) is 77.6 Å². The normalized spacial score (nSPS) is 16.8. The molecule has 1 heterocycles. The second kappa shape index (κ2) is 12.1. The first-order valence-electron chi connectivity index (χ1n) is 9.17. The van der Waals surface area contributed by atoms with Gasteiger partial charge in [0, 0.05) is 5.57 Å². The van der Waals surface area contributed by atoms with Crippen molar-refractivity contribution in [3.05, 3.63) is 117 Å². The Balaban J connectivity index is 0.000000437. The number of hydrogen-bond acceptors (Lipinski definition) is 3. The average molecular weight is 425 g/mol. The summed E-state index contributed by atoms with van der Waals surface area (Å²) in [6, 6.07) is 6.19. The van der Waals surface area contributed by atoms with Crippen LogP contribution in [0.5, 0.6) is 0 Å². The first-order valence-corrected chi connectivity index (χ1v) is 9.17. The summed E-state index contributed by atoms with van der Waals surface area (Å²) >= 11 is 0. The van der Waals surface area contributed by atoms with Crippen LogP contribution in [0.15, 0.2) is 36.4 Å². The third kappa shape index (κ3) is 7.24. The van der Waals surface area contributed by atoms with Crippen LogP contribution < -0.4 is 0 Å². The van der Waals surface area contributed by atoms with Crippen LogP contribution in [-0.4, -0.2) is 20.5 Å². The first kappa shape index (κ1) is 23.6. The van der Waals surface area contributed by atoms with E-state index in [9.17, 15) is 4.79 Å². The van der Waals surface area contributed by atoms with Gasteiger partial charge in [0.1, 0.15) is 12.7 Å². The fourth-order valence-electron chi connectivity index (χ4n) is 2.76. The zero-order chi connectivity index (χ0) is 19.8. The molecule has 4 rings (SSSR count). The molecule has 5 heteroatoms. The number of nitrogens with zero attached hydrogens (tertiary/aromatic N) is 3. The van der Waals surface area contributed by atoms with Crippen LogP contribution in [-0.2, 0) is 28.4 Å². The van der Waals surface area contributed by atoms with Crippen LogP contribution in [0.4, 0.5) is 0 Å². The predicted octanol–water partition coefficient (Wildman–Crippen LogP) is 3.97. The SMILES string of the molecule is Cc1ccc(/C=C(\Cn2cncn2)C(=O)[C]2[CH][CH][CH][CH]2)cc1C.[CH]1[CH][CH][CH][CH]1.[Fe+2]. The van der Waals surface area contributed by atoms with Crippen LogP contribution >= 0.6 is 0 Å². The zero-order valence-electron chi connectivity index (χ0n) is 16.5. The first-order chi connectivity index (χ1) is 13.6. The van der Waals surface area contributed by atoms with Crippen molar-refractivity contribution in [1.82, 2.24) is 14.8 Å². The van der Waals surface area contributed by atoms with Gasteiger partial charge in [0.25, 0.3) is 0 Å². The second-order valence-corrected chi connectivity index (χ2v) is 6.57. The molecule has 2 aliphatic rings. The van der Waals surface area contributed by atoms with E-state index in [4.69, 9.17) is 0 Å². The van der Waals surface area contributed by atoms with Crippen LogP contribution in [0.1, 0.15) is 16.7 Å². The Morgan fingerprint density at radius 1 is 0.966 bits per heavy atom. The Labute approximate surface area is 185 Å². The van der Waals surface area contributed by atoms with E-state index in [-0.39, 0.29) is 22.9 Å². The van der Waals surface area contributed by atoms with Gasteiger partial charge in [0.15, 0.2) is 5.78 Å². The van der Waals surface area contributed by atoms with Crippen LogP contribution in [0.25, 0.3) is 6.08 Å². The van der Waals surface area contributed by atoms with E-state index in [1.165, 1.54) is 17.5 Å². The minimum absolute atomic E-state index is 0. The fourth-order valence-corrected chi connectivity index (χ4v) is 2.76. The van der Waals surface area contributed by atoms with Gasteiger partial charge in [0.05, 0.1) is 12.5 Å². The van der Waals surface area contributed by atoms with Crippen molar-refractivity contribution >= 4 is 11.9 Å². The Morgan fingerprint density at radius 2 is 1.62 bits per heavy atom. The number of carbonyl (C=O) groups excluding carboxylic acids is 1. The second-order valence-electron chi connectivity index (χ2n) is 6.57. The molecule has 1 aromatic heterocycles. The number of aryl methyl sites for hydroxylation is 2. The molecule has 0 aliphatic heterocycles. The van der Waals surface area contributed by atoms with Gasteiger partial charge in [-0.1, -0.05) is 18.2 Å². The number of benzene rings is 1. The van der Waals surface area contributed by atoms with Gasteiger partial charge in [-0.25, -0.2) is 9.67 Å². The summed E-state index contributed by atoms with van der Waals surface area (Å²) in [5.41, 5.74) is 4.15. The summed E-state index contributed by atoms with van der Waals surface area (Å²) in [5.74, 6) is 0.712.